The molecule has 0 bridgehead atoms. The normalized spacial score (nSPS) is 14.4. The molecule has 7 heteroatoms. The summed E-state index contributed by atoms with van der Waals surface area (Å²) in [6.07, 6.45) is -1.64. The van der Waals surface area contributed by atoms with E-state index in [4.69, 9.17) is 74.7 Å². The Hall–Kier alpha value is 1.70. The van der Waals surface area contributed by atoms with Gasteiger partial charge in [0.25, 0.3) is 0 Å². The van der Waals surface area contributed by atoms with Gasteiger partial charge in [-0.15, -0.1) is 0 Å². The Morgan fingerprint density at radius 2 is 1.00 bits per heavy atom. The van der Waals surface area contributed by atoms with Crippen molar-refractivity contribution in [2.75, 3.05) is 0 Å². The molecule has 0 amide bonds. The smallest absolute Gasteiger partial charge is 0.220 e. The van der Waals surface area contributed by atoms with Gasteiger partial charge in [0.15, 0.2) is 0 Å². The zero-order valence-electron chi connectivity index (χ0n) is 4.29. The number of aliphatic hydroxyl groups is 1. The maximum absolute atomic E-state index is 8.93. The summed E-state index contributed by atoms with van der Waals surface area (Å²) >= 11 is 31.2. The minimum absolute atomic E-state index is 1.64. The van der Waals surface area contributed by atoms with Crippen LogP contribution in [-0.4, -0.2) is 18.8 Å². The van der Waals surface area contributed by atoms with Crippen molar-refractivity contribution in [3.05, 3.63) is 0 Å². The zero-order chi connectivity index (χ0) is 8.58. The van der Waals surface area contributed by atoms with Crippen LogP contribution in [0.1, 0.15) is 0 Å². The first-order valence-corrected chi connectivity index (χ1v) is 4.24. The number of aliphatic hydroxyl groups excluding tert-OH is 1. The van der Waals surface area contributed by atoms with E-state index in [1.807, 2.05) is 0 Å². The van der Waals surface area contributed by atoms with Crippen molar-refractivity contribution < 1.29 is 5.11 Å². The van der Waals surface area contributed by atoms with Crippen LogP contribution in [0, 0.1) is 0 Å². The molecule has 0 atom stereocenters. The van der Waals surface area contributed by atoms with Gasteiger partial charge in [-0.1, -0.05) is 69.6 Å². The van der Waals surface area contributed by atoms with Gasteiger partial charge in [0, 0.05) is 0 Å². The van der Waals surface area contributed by atoms with E-state index in [0.717, 1.165) is 0 Å². The first-order chi connectivity index (χ1) is 4.15. The molecule has 0 spiro atoms. The Morgan fingerprint density at radius 3 is 1.00 bits per heavy atom. The SMILES string of the molecule is OC(C(Cl)(Cl)Cl)C(Cl)(Cl)Cl. The Morgan fingerprint density at radius 1 is 0.800 bits per heavy atom. The predicted octanol–water partition coefficient (Wildman–Crippen LogP) is 3.09. The summed E-state index contributed by atoms with van der Waals surface area (Å²) in [6, 6.07) is 0. The molecule has 0 aromatic rings. The van der Waals surface area contributed by atoms with Crippen LogP contribution in [0.2, 0.25) is 0 Å². The maximum atomic E-state index is 8.93. The fourth-order valence-electron chi connectivity index (χ4n) is 0.186. The third-order valence-electron chi connectivity index (χ3n) is 0.620. The first-order valence-electron chi connectivity index (χ1n) is 1.97. The highest BCUT2D eigenvalue weighted by Crippen LogP contribution is 2.42. The second kappa shape index (κ2) is 3.61. The van der Waals surface area contributed by atoms with Gasteiger partial charge in [-0.25, -0.2) is 0 Å². The Kier molecular flexibility index (Phi) is 4.22. The lowest BCUT2D eigenvalue weighted by molar-refractivity contribution is 0.183. The van der Waals surface area contributed by atoms with Gasteiger partial charge in [0.05, 0.1) is 0 Å². The third-order valence-corrected chi connectivity index (χ3v) is 1.86. The van der Waals surface area contributed by atoms with Crippen molar-refractivity contribution in [2.45, 2.75) is 13.7 Å². The summed E-state index contributed by atoms with van der Waals surface area (Å²) < 4.78 is -3.96. The molecule has 0 rings (SSSR count). The monoisotopic (exact) mass is 264 g/mol. The quantitative estimate of drug-likeness (QED) is 0.668. The van der Waals surface area contributed by atoms with Crippen molar-refractivity contribution in [3.63, 3.8) is 0 Å². The molecule has 0 saturated carbocycles. The molecule has 0 aromatic carbocycles. The van der Waals surface area contributed by atoms with Crippen LogP contribution in [0.5, 0.6) is 0 Å². The lowest BCUT2D eigenvalue weighted by atomic mass is 10.4. The highest BCUT2D eigenvalue weighted by atomic mass is 35.6. The summed E-state index contributed by atoms with van der Waals surface area (Å²) in [7, 11) is 0. The fraction of sp³-hybridized carbons (Fsp3) is 1.00. The summed E-state index contributed by atoms with van der Waals surface area (Å²) in [6.45, 7) is 0. The highest BCUT2D eigenvalue weighted by molar-refractivity contribution is 6.73. The number of hydrogen-bond donors (Lipinski definition) is 1. The van der Waals surface area contributed by atoms with Gasteiger partial charge < -0.3 is 5.11 Å². The van der Waals surface area contributed by atoms with Crippen molar-refractivity contribution in [2.24, 2.45) is 0 Å². The summed E-state index contributed by atoms with van der Waals surface area (Å²) in [5.74, 6) is 0. The summed E-state index contributed by atoms with van der Waals surface area (Å²) in [4.78, 5) is 0. The van der Waals surface area contributed by atoms with Gasteiger partial charge in [-0.2, -0.15) is 0 Å². The Bertz CT molecular complexity index is 97.1. The average Bonchev–Trinajstić information content (AvgIpc) is 1.59. The second-order valence-electron chi connectivity index (χ2n) is 1.49. The molecule has 0 radical (unpaired) electrons. The molecule has 0 aliphatic rings. The topological polar surface area (TPSA) is 20.2 Å². The van der Waals surface area contributed by atoms with Crippen LogP contribution in [0.25, 0.3) is 0 Å². The molecular weight excluding hydrogens is 265 g/mol. The fourth-order valence-corrected chi connectivity index (χ4v) is 1.67. The second-order valence-corrected chi connectivity index (χ2v) is 6.22. The van der Waals surface area contributed by atoms with Crippen LogP contribution < -0.4 is 0 Å². The van der Waals surface area contributed by atoms with Gasteiger partial charge in [-0.05, 0) is 0 Å². The minimum atomic E-state index is -1.98. The molecular formula is C3H2Cl6O. The summed E-state index contributed by atoms with van der Waals surface area (Å²) in [5.41, 5.74) is 0. The highest BCUT2D eigenvalue weighted by Gasteiger charge is 2.45. The molecule has 0 saturated heterocycles. The molecule has 0 fully saturated rings. The van der Waals surface area contributed by atoms with Crippen LogP contribution in [0.4, 0.5) is 0 Å². The van der Waals surface area contributed by atoms with Crippen molar-refractivity contribution >= 4 is 69.6 Å². The van der Waals surface area contributed by atoms with Crippen LogP contribution >= 0.6 is 69.6 Å². The first kappa shape index (κ1) is 11.7. The van der Waals surface area contributed by atoms with E-state index in [0.29, 0.717) is 0 Å². The van der Waals surface area contributed by atoms with Gasteiger partial charge in [0.2, 0.25) is 7.59 Å². The molecule has 0 heterocycles. The van der Waals surface area contributed by atoms with Crippen LogP contribution in [0.3, 0.4) is 0 Å². The Labute approximate surface area is 88.1 Å². The van der Waals surface area contributed by atoms with Crippen molar-refractivity contribution in [1.82, 2.24) is 0 Å². The van der Waals surface area contributed by atoms with Crippen molar-refractivity contribution in [1.29, 1.82) is 0 Å². The molecule has 10 heavy (non-hydrogen) atoms. The zero-order valence-corrected chi connectivity index (χ0v) is 8.83. The molecule has 0 aliphatic heterocycles. The van der Waals surface area contributed by atoms with Gasteiger partial charge in [0.1, 0.15) is 6.10 Å². The molecule has 0 unspecified atom stereocenters. The molecule has 0 aliphatic carbocycles. The summed E-state index contributed by atoms with van der Waals surface area (Å²) in [5, 5.41) is 8.93. The standard InChI is InChI=1S/C3H2Cl6O/c4-2(5,6)1(10)3(7,8)9/h1,10H. The van der Waals surface area contributed by atoms with Gasteiger partial charge in [-0.3, -0.25) is 0 Å². The number of hydrogen-bond acceptors (Lipinski definition) is 1. The Balaban J connectivity index is 4.23. The van der Waals surface area contributed by atoms with E-state index < -0.39 is 13.7 Å². The van der Waals surface area contributed by atoms with Crippen LogP contribution in [-0.2, 0) is 0 Å². The largest absolute Gasteiger partial charge is 0.384 e. The molecule has 62 valence electrons. The van der Waals surface area contributed by atoms with Gasteiger partial charge >= 0.3 is 0 Å². The molecule has 1 N–H and O–H groups in total. The predicted molar refractivity (Wildman–Crippen MR) is 46.6 cm³/mol. The van der Waals surface area contributed by atoms with E-state index in [9.17, 15) is 0 Å². The molecule has 1 nitrogen and oxygen atoms in total. The minimum Gasteiger partial charge on any atom is -0.384 e. The average molecular weight is 267 g/mol. The number of rotatable bonds is 0. The number of alkyl halides is 6. The number of halogens is 6. The van der Waals surface area contributed by atoms with E-state index in [1.165, 1.54) is 0 Å². The molecule has 0 aromatic heterocycles. The van der Waals surface area contributed by atoms with E-state index in [-0.39, 0.29) is 0 Å². The van der Waals surface area contributed by atoms with E-state index in [2.05, 4.69) is 0 Å². The van der Waals surface area contributed by atoms with E-state index in [1.54, 1.807) is 0 Å². The van der Waals surface area contributed by atoms with E-state index >= 15 is 0 Å². The lowest BCUT2D eigenvalue weighted by Crippen LogP contribution is -2.37. The third kappa shape index (κ3) is 3.91. The maximum Gasteiger partial charge on any atom is 0.220 e. The van der Waals surface area contributed by atoms with Crippen molar-refractivity contribution in [3.8, 4) is 0 Å². The lowest BCUT2D eigenvalue weighted by Gasteiger charge is -2.24. The van der Waals surface area contributed by atoms with Crippen LogP contribution in [0.15, 0.2) is 0 Å².